The Balaban J connectivity index is 1.80. The molecule has 1 aliphatic heterocycles. The van der Waals surface area contributed by atoms with Crippen LogP contribution in [0.2, 0.25) is 10.0 Å². The zero-order valence-electron chi connectivity index (χ0n) is 13.8. The summed E-state index contributed by atoms with van der Waals surface area (Å²) >= 11 is 13.9. The highest BCUT2D eigenvalue weighted by atomic mass is 35.5. The second-order valence-corrected chi connectivity index (χ2v) is 7.92. The van der Waals surface area contributed by atoms with Crippen LogP contribution >= 0.6 is 35.0 Å². The van der Waals surface area contributed by atoms with E-state index in [0.29, 0.717) is 27.6 Å². The SMILES string of the molecule is CCc1nc2nc3n(c(=O)c2n1C)C(Cc1ccc(Cl)cc1Cl)CS3. The molecule has 0 N–H and O–H groups in total. The summed E-state index contributed by atoms with van der Waals surface area (Å²) in [4.78, 5) is 22.2. The van der Waals surface area contributed by atoms with Gasteiger partial charge in [0.1, 0.15) is 5.82 Å². The van der Waals surface area contributed by atoms with Gasteiger partial charge in [0.25, 0.3) is 5.56 Å². The fourth-order valence-electron chi connectivity index (χ4n) is 3.27. The Hall–Kier alpha value is -1.50. The van der Waals surface area contributed by atoms with Crippen molar-refractivity contribution in [3.8, 4) is 0 Å². The molecule has 8 heteroatoms. The number of benzene rings is 1. The second kappa shape index (κ2) is 6.34. The third kappa shape index (κ3) is 2.76. The lowest BCUT2D eigenvalue weighted by molar-refractivity contribution is 0.506. The third-order valence-electron chi connectivity index (χ3n) is 4.56. The predicted molar refractivity (Wildman–Crippen MR) is 102 cm³/mol. The zero-order valence-corrected chi connectivity index (χ0v) is 16.1. The Morgan fingerprint density at radius 2 is 2.12 bits per heavy atom. The van der Waals surface area contributed by atoms with Crippen LogP contribution in [0.3, 0.4) is 0 Å². The van der Waals surface area contributed by atoms with Gasteiger partial charge in [0, 0.05) is 29.3 Å². The number of fused-ring (bicyclic) bond motifs is 2. The summed E-state index contributed by atoms with van der Waals surface area (Å²) in [5.74, 6) is 1.66. The molecule has 3 heterocycles. The second-order valence-electron chi connectivity index (χ2n) is 6.09. The summed E-state index contributed by atoms with van der Waals surface area (Å²) < 4.78 is 3.65. The van der Waals surface area contributed by atoms with Gasteiger partial charge in [-0.15, -0.1) is 0 Å². The van der Waals surface area contributed by atoms with Crippen molar-refractivity contribution in [3.05, 3.63) is 50.0 Å². The van der Waals surface area contributed by atoms with Gasteiger partial charge in [0.2, 0.25) is 0 Å². The van der Waals surface area contributed by atoms with Crippen molar-refractivity contribution in [3.63, 3.8) is 0 Å². The molecule has 1 atom stereocenters. The topological polar surface area (TPSA) is 52.7 Å². The van der Waals surface area contributed by atoms with E-state index in [0.717, 1.165) is 28.7 Å². The van der Waals surface area contributed by atoms with Crippen LogP contribution in [0.15, 0.2) is 28.2 Å². The lowest BCUT2D eigenvalue weighted by atomic mass is 10.1. The number of hydrogen-bond donors (Lipinski definition) is 0. The first-order valence-corrected chi connectivity index (χ1v) is 9.78. The fourth-order valence-corrected chi connectivity index (χ4v) is 4.88. The van der Waals surface area contributed by atoms with E-state index < -0.39 is 0 Å². The Labute approximate surface area is 159 Å². The highest BCUT2D eigenvalue weighted by molar-refractivity contribution is 7.99. The number of aromatic nitrogens is 4. The molecular formula is C17H16Cl2N4OS. The third-order valence-corrected chi connectivity index (χ3v) is 6.24. The van der Waals surface area contributed by atoms with Gasteiger partial charge in [0.15, 0.2) is 16.3 Å². The first-order valence-electron chi connectivity index (χ1n) is 8.04. The minimum Gasteiger partial charge on any atom is -0.325 e. The first-order chi connectivity index (χ1) is 12.0. The van der Waals surface area contributed by atoms with E-state index >= 15 is 0 Å². The lowest BCUT2D eigenvalue weighted by Gasteiger charge is -2.14. The van der Waals surface area contributed by atoms with Crippen molar-refractivity contribution in [1.82, 2.24) is 19.1 Å². The molecule has 1 aromatic carbocycles. The molecule has 0 bridgehead atoms. The predicted octanol–water partition coefficient (Wildman–Crippen LogP) is 3.89. The van der Waals surface area contributed by atoms with E-state index in [1.54, 1.807) is 22.4 Å². The Morgan fingerprint density at radius 1 is 1.32 bits per heavy atom. The summed E-state index contributed by atoms with van der Waals surface area (Å²) in [6, 6.07) is 5.50. The van der Waals surface area contributed by atoms with Crippen LogP contribution < -0.4 is 5.56 Å². The molecule has 4 rings (SSSR count). The first kappa shape index (κ1) is 16.9. The van der Waals surface area contributed by atoms with Crippen LogP contribution in [0.1, 0.15) is 24.4 Å². The molecule has 0 fully saturated rings. The maximum Gasteiger partial charge on any atom is 0.280 e. The van der Waals surface area contributed by atoms with E-state index in [9.17, 15) is 4.79 Å². The van der Waals surface area contributed by atoms with Gasteiger partial charge in [0.05, 0.1) is 6.04 Å². The molecule has 1 aliphatic rings. The molecule has 5 nitrogen and oxygen atoms in total. The molecule has 2 aromatic heterocycles. The molecule has 25 heavy (non-hydrogen) atoms. The quantitative estimate of drug-likeness (QED) is 0.632. The van der Waals surface area contributed by atoms with E-state index in [1.807, 2.05) is 30.7 Å². The van der Waals surface area contributed by atoms with Crippen LogP contribution in [0.4, 0.5) is 0 Å². The molecule has 1 unspecified atom stereocenters. The average Bonchev–Trinajstić information content (AvgIpc) is 3.12. The number of hydrogen-bond acceptors (Lipinski definition) is 4. The molecular weight excluding hydrogens is 379 g/mol. The molecule has 0 amide bonds. The van der Waals surface area contributed by atoms with Crippen molar-refractivity contribution >= 4 is 46.1 Å². The average molecular weight is 395 g/mol. The summed E-state index contributed by atoms with van der Waals surface area (Å²) in [6.45, 7) is 2.02. The largest absolute Gasteiger partial charge is 0.325 e. The minimum atomic E-state index is -0.0326. The van der Waals surface area contributed by atoms with Crippen molar-refractivity contribution in [2.24, 2.45) is 7.05 Å². The van der Waals surface area contributed by atoms with Gasteiger partial charge < -0.3 is 4.57 Å². The monoisotopic (exact) mass is 394 g/mol. The summed E-state index contributed by atoms with van der Waals surface area (Å²) in [7, 11) is 1.87. The molecule has 3 aromatic rings. The number of aryl methyl sites for hydroxylation is 2. The van der Waals surface area contributed by atoms with Crippen molar-refractivity contribution < 1.29 is 0 Å². The van der Waals surface area contributed by atoms with Gasteiger partial charge in [-0.2, -0.15) is 0 Å². The molecule has 0 aliphatic carbocycles. The molecule has 0 saturated heterocycles. The number of imidazole rings is 1. The zero-order chi connectivity index (χ0) is 17.7. The van der Waals surface area contributed by atoms with E-state index in [-0.39, 0.29) is 11.6 Å². The van der Waals surface area contributed by atoms with Crippen molar-refractivity contribution in [1.29, 1.82) is 0 Å². The van der Waals surface area contributed by atoms with Crippen molar-refractivity contribution in [2.75, 3.05) is 5.75 Å². The highest BCUT2D eigenvalue weighted by Crippen LogP contribution is 2.35. The van der Waals surface area contributed by atoms with Gasteiger partial charge in [-0.05, 0) is 24.1 Å². The maximum atomic E-state index is 13.1. The molecule has 0 radical (unpaired) electrons. The standard InChI is InChI=1S/C17H16Cl2N4OS/c1-3-13-20-15-14(22(13)2)16(24)23-11(8-25-17(23)21-15)6-9-4-5-10(18)7-12(9)19/h4-5,7,11H,3,6,8H2,1-2H3. The van der Waals surface area contributed by atoms with Gasteiger partial charge in [-0.1, -0.05) is 48.0 Å². The van der Waals surface area contributed by atoms with Crippen LogP contribution in [0, 0.1) is 0 Å². The fraction of sp³-hybridized carbons (Fsp3) is 0.353. The normalized spacial score (nSPS) is 16.6. The lowest BCUT2D eigenvalue weighted by Crippen LogP contribution is -2.27. The van der Waals surface area contributed by atoms with Gasteiger partial charge >= 0.3 is 0 Å². The summed E-state index contributed by atoms with van der Waals surface area (Å²) in [6.07, 6.45) is 1.43. The minimum absolute atomic E-state index is 0.0167. The van der Waals surface area contributed by atoms with E-state index in [1.165, 1.54) is 0 Å². The van der Waals surface area contributed by atoms with Crippen LogP contribution in [0.25, 0.3) is 11.2 Å². The van der Waals surface area contributed by atoms with Crippen molar-refractivity contribution in [2.45, 2.75) is 31.0 Å². The molecule has 0 saturated carbocycles. The van der Waals surface area contributed by atoms with Crippen LogP contribution in [-0.4, -0.2) is 24.9 Å². The summed E-state index contributed by atoms with van der Waals surface area (Å²) in [5.41, 5.74) is 2.05. The number of thioether (sulfide) groups is 1. The van der Waals surface area contributed by atoms with Gasteiger partial charge in [-0.3, -0.25) is 9.36 Å². The smallest absolute Gasteiger partial charge is 0.280 e. The molecule has 130 valence electrons. The Morgan fingerprint density at radius 3 is 2.84 bits per heavy atom. The van der Waals surface area contributed by atoms with Crippen LogP contribution in [-0.2, 0) is 19.9 Å². The number of rotatable bonds is 3. The molecule has 0 spiro atoms. The number of halogens is 2. The Kier molecular flexibility index (Phi) is 4.30. The summed E-state index contributed by atoms with van der Waals surface area (Å²) in [5, 5.41) is 1.97. The van der Waals surface area contributed by atoms with Gasteiger partial charge in [-0.25, -0.2) is 9.97 Å². The Bertz CT molecular complexity index is 1040. The highest BCUT2D eigenvalue weighted by Gasteiger charge is 2.29. The van der Waals surface area contributed by atoms with E-state index in [4.69, 9.17) is 23.2 Å². The maximum absolute atomic E-state index is 13.1. The van der Waals surface area contributed by atoms with Crippen LogP contribution in [0.5, 0.6) is 0 Å². The number of nitrogens with zero attached hydrogens (tertiary/aromatic N) is 4. The van der Waals surface area contributed by atoms with E-state index in [2.05, 4.69) is 9.97 Å².